The summed E-state index contributed by atoms with van der Waals surface area (Å²) in [5.74, 6) is -0.567. The summed E-state index contributed by atoms with van der Waals surface area (Å²) < 4.78 is 30.9. The van der Waals surface area contributed by atoms with Gasteiger partial charge in [0.2, 0.25) is 5.09 Å². The minimum absolute atomic E-state index is 0.0710. The van der Waals surface area contributed by atoms with Crippen LogP contribution in [0.15, 0.2) is 33.8 Å². The van der Waals surface area contributed by atoms with Crippen molar-refractivity contribution in [3.8, 4) is 0 Å². The van der Waals surface area contributed by atoms with Crippen LogP contribution in [0.3, 0.4) is 0 Å². The number of sulfonamides is 1. The maximum Gasteiger partial charge on any atom is 0.287 e. The molecule has 2 rings (SSSR count). The molecule has 0 saturated heterocycles. The molecule has 0 radical (unpaired) electrons. The standard InChI is InChI=1S/C12H13ClN2O4S2/c1-7(9-4-5-10(13)20-9)15-12(16)8-3-6-11(19-8)21(17,18)14-2/h3-7,14H,1-2H3,(H,15,16)/t7-/m0/s1. The predicted molar refractivity (Wildman–Crippen MR) is 80.2 cm³/mol. The third kappa shape index (κ3) is 3.65. The first-order valence-electron chi connectivity index (χ1n) is 5.93. The number of nitrogens with one attached hydrogen (secondary N) is 2. The Hall–Kier alpha value is -1.35. The summed E-state index contributed by atoms with van der Waals surface area (Å²) in [5.41, 5.74) is 0. The summed E-state index contributed by atoms with van der Waals surface area (Å²) in [7, 11) is -2.44. The van der Waals surface area contributed by atoms with Crippen molar-refractivity contribution in [3.05, 3.63) is 39.2 Å². The molecule has 9 heteroatoms. The highest BCUT2D eigenvalue weighted by atomic mass is 35.5. The van der Waals surface area contributed by atoms with Gasteiger partial charge in [-0.3, -0.25) is 4.79 Å². The lowest BCUT2D eigenvalue weighted by molar-refractivity contribution is 0.0907. The van der Waals surface area contributed by atoms with Crippen LogP contribution in [0.1, 0.15) is 28.4 Å². The lowest BCUT2D eigenvalue weighted by Gasteiger charge is -2.10. The fraction of sp³-hybridized carbons (Fsp3) is 0.250. The quantitative estimate of drug-likeness (QED) is 0.868. The second-order valence-electron chi connectivity index (χ2n) is 4.16. The highest BCUT2D eigenvalue weighted by molar-refractivity contribution is 7.89. The Morgan fingerprint density at radius 3 is 2.62 bits per heavy atom. The lowest BCUT2D eigenvalue weighted by atomic mass is 10.2. The molecule has 0 fully saturated rings. The normalized spacial score (nSPS) is 13.1. The molecule has 6 nitrogen and oxygen atoms in total. The minimum Gasteiger partial charge on any atom is -0.438 e. The molecule has 0 aromatic carbocycles. The highest BCUT2D eigenvalue weighted by Gasteiger charge is 2.21. The molecule has 2 aromatic rings. The molecular weight excluding hydrogens is 336 g/mol. The van der Waals surface area contributed by atoms with E-state index in [9.17, 15) is 13.2 Å². The number of furan rings is 1. The van der Waals surface area contributed by atoms with Gasteiger partial charge in [0.05, 0.1) is 10.4 Å². The Labute approximate surface area is 131 Å². The average Bonchev–Trinajstić information content (AvgIpc) is 3.07. The van der Waals surface area contributed by atoms with Gasteiger partial charge in [0.15, 0.2) is 5.76 Å². The Morgan fingerprint density at radius 1 is 1.33 bits per heavy atom. The van der Waals surface area contributed by atoms with Crippen LogP contribution in [0.5, 0.6) is 0 Å². The van der Waals surface area contributed by atoms with Crippen molar-refractivity contribution in [1.82, 2.24) is 10.0 Å². The molecule has 2 N–H and O–H groups in total. The van der Waals surface area contributed by atoms with Crippen molar-refractivity contribution in [1.29, 1.82) is 0 Å². The van der Waals surface area contributed by atoms with Crippen LogP contribution in [0.2, 0.25) is 4.34 Å². The Kier molecular flexibility index (Phi) is 4.72. The van der Waals surface area contributed by atoms with Crippen LogP contribution in [-0.4, -0.2) is 21.4 Å². The first-order chi connectivity index (χ1) is 9.83. The maximum absolute atomic E-state index is 12.0. The zero-order valence-corrected chi connectivity index (χ0v) is 13.6. The van der Waals surface area contributed by atoms with Crippen molar-refractivity contribution in [3.63, 3.8) is 0 Å². The monoisotopic (exact) mass is 348 g/mol. The average molecular weight is 349 g/mol. The lowest BCUT2D eigenvalue weighted by Crippen LogP contribution is -2.25. The molecule has 0 unspecified atom stereocenters. The highest BCUT2D eigenvalue weighted by Crippen LogP contribution is 2.27. The molecule has 0 aliphatic heterocycles. The van der Waals surface area contributed by atoms with Gasteiger partial charge in [0.25, 0.3) is 15.9 Å². The van der Waals surface area contributed by atoms with E-state index in [1.54, 1.807) is 13.0 Å². The van der Waals surface area contributed by atoms with Gasteiger partial charge in [-0.1, -0.05) is 11.6 Å². The summed E-state index contributed by atoms with van der Waals surface area (Å²) in [6.07, 6.45) is 0. The Bertz CT molecular complexity index is 751. The molecule has 0 aliphatic rings. The Balaban J connectivity index is 2.11. The SMILES string of the molecule is CNS(=O)(=O)c1ccc(C(=O)N[C@@H](C)c2ccc(Cl)s2)o1. The van der Waals surface area contributed by atoms with E-state index in [1.165, 1.54) is 30.5 Å². The van der Waals surface area contributed by atoms with Gasteiger partial charge >= 0.3 is 0 Å². The van der Waals surface area contributed by atoms with E-state index in [-0.39, 0.29) is 16.9 Å². The van der Waals surface area contributed by atoms with E-state index in [2.05, 4.69) is 10.0 Å². The van der Waals surface area contributed by atoms with Crippen LogP contribution in [0, 0.1) is 0 Å². The Morgan fingerprint density at radius 2 is 2.05 bits per heavy atom. The van der Waals surface area contributed by atoms with Gasteiger partial charge in [-0.15, -0.1) is 11.3 Å². The molecule has 0 saturated carbocycles. The smallest absolute Gasteiger partial charge is 0.287 e. The minimum atomic E-state index is -3.70. The van der Waals surface area contributed by atoms with Gasteiger partial charge in [0, 0.05) is 4.88 Å². The van der Waals surface area contributed by atoms with Gasteiger partial charge in [-0.2, -0.15) is 0 Å². The maximum atomic E-state index is 12.0. The number of hydrogen-bond donors (Lipinski definition) is 2. The summed E-state index contributed by atoms with van der Waals surface area (Å²) in [6, 6.07) is 5.84. The first kappa shape index (κ1) is 16.0. The third-order valence-corrected chi connectivity index (χ3v) is 5.41. The van der Waals surface area contributed by atoms with Gasteiger partial charge in [0.1, 0.15) is 0 Å². The van der Waals surface area contributed by atoms with Gasteiger partial charge in [-0.25, -0.2) is 13.1 Å². The van der Waals surface area contributed by atoms with Gasteiger partial charge in [-0.05, 0) is 38.2 Å². The predicted octanol–water partition coefficient (Wildman–Crippen LogP) is 2.39. The number of rotatable bonds is 5. The molecule has 0 aliphatic carbocycles. The molecular formula is C12H13ClN2O4S2. The van der Waals surface area contributed by atoms with Crippen molar-refractivity contribution in [2.75, 3.05) is 7.05 Å². The summed E-state index contributed by atoms with van der Waals surface area (Å²) in [4.78, 5) is 12.9. The number of carbonyl (C=O) groups is 1. The molecule has 114 valence electrons. The number of thiophene rings is 1. The molecule has 1 atom stereocenters. The number of amides is 1. The summed E-state index contributed by atoms with van der Waals surface area (Å²) in [5, 5.41) is 2.41. The van der Waals surface area contributed by atoms with E-state index in [0.29, 0.717) is 4.34 Å². The van der Waals surface area contributed by atoms with E-state index < -0.39 is 15.9 Å². The summed E-state index contributed by atoms with van der Waals surface area (Å²) in [6.45, 7) is 1.80. The van der Waals surface area contributed by atoms with E-state index in [4.69, 9.17) is 16.0 Å². The molecule has 2 heterocycles. The zero-order chi connectivity index (χ0) is 15.6. The van der Waals surface area contributed by atoms with E-state index >= 15 is 0 Å². The largest absolute Gasteiger partial charge is 0.438 e. The molecule has 1 amide bonds. The fourth-order valence-electron chi connectivity index (χ4n) is 1.59. The number of halogens is 1. The summed E-state index contributed by atoms with van der Waals surface area (Å²) >= 11 is 7.20. The van der Waals surface area contributed by atoms with Crippen LogP contribution in [-0.2, 0) is 10.0 Å². The topological polar surface area (TPSA) is 88.4 Å². The van der Waals surface area contributed by atoms with Crippen molar-refractivity contribution >= 4 is 38.9 Å². The number of carbonyl (C=O) groups excluding carboxylic acids is 1. The van der Waals surface area contributed by atoms with Crippen molar-refractivity contribution in [2.45, 2.75) is 18.1 Å². The number of hydrogen-bond acceptors (Lipinski definition) is 5. The van der Waals surface area contributed by atoms with Crippen molar-refractivity contribution < 1.29 is 17.6 Å². The second-order valence-corrected chi connectivity index (χ2v) is 7.73. The molecule has 0 spiro atoms. The van der Waals surface area contributed by atoms with Crippen LogP contribution in [0.25, 0.3) is 0 Å². The van der Waals surface area contributed by atoms with E-state index in [0.717, 1.165) is 4.88 Å². The third-order valence-electron chi connectivity index (χ3n) is 2.71. The van der Waals surface area contributed by atoms with Crippen LogP contribution in [0.4, 0.5) is 0 Å². The second kappa shape index (κ2) is 6.18. The van der Waals surface area contributed by atoms with Crippen LogP contribution < -0.4 is 10.0 Å². The van der Waals surface area contributed by atoms with E-state index in [1.807, 2.05) is 6.07 Å². The van der Waals surface area contributed by atoms with Gasteiger partial charge < -0.3 is 9.73 Å². The molecule has 2 aromatic heterocycles. The van der Waals surface area contributed by atoms with Crippen molar-refractivity contribution in [2.24, 2.45) is 0 Å². The molecule has 0 bridgehead atoms. The van der Waals surface area contributed by atoms with Crippen LogP contribution >= 0.6 is 22.9 Å². The zero-order valence-electron chi connectivity index (χ0n) is 11.2. The fourth-order valence-corrected chi connectivity index (χ4v) is 3.30. The molecule has 21 heavy (non-hydrogen) atoms. The first-order valence-corrected chi connectivity index (χ1v) is 8.60.